The number of nitrogens with zero attached hydrogens (tertiary/aromatic N) is 2. The summed E-state index contributed by atoms with van der Waals surface area (Å²) in [6.45, 7) is 1.61. The molecule has 0 fully saturated rings. The van der Waals surface area contributed by atoms with Crippen LogP contribution in [0.15, 0.2) is 6.08 Å². The summed E-state index contributed by atoms with van der Waals surface area (Å²) in [6.07, 6.45) is 1.43. The summed E-state index contributed by atoms with van der Waals surface area (Å²) in [5.74, 6) is -0.872. The van der Waals surface area contributed by atoms with Crippen molar-refractivity contribution in [1.29, 1.82) is 0 Å². The van der Waals surface area contributed by atoms with Crippen molar-refractivity contribution in [3.8, 4) is 0 Å². The van der Waals surface area contributed by atoms with Gasteiger partial charge in [-0.2, -0.15) is 9.36 Å². The summed E-state index contributed by atoms with van der Waals surface area (Å²) in [5, 5.41) is 8.92. The topological polar surface area (TPSA) is 89.1 Å². The van der Waals surface area contributed by atoms with Crippen LogP contribution in [0.2, 0.25) is 0 Å². The normalized spacial score (nSPS) is 11.6. The third kappa shape index (κ3) is 1.59. The molecule has 5 nitrogen and oxygen atoms in total. The van der Waals surface area contributed by atoms with Crippen molar-refractivity contribution in [2.45, 2.75) is 6.92 Å². The van der Waals surface area contributed by atoms with Gasteiger partial charge in [0.2, 0.25) is 0 Å². The number of allylic oxidation sites excluding steroid dienone is 1. The highest BCUT2D eigenvalue weighted by molar-refractivity contribution is 7.09. The van der Waals surface area contributed by atoms with Gasteiger partial charge < -0.3 is 10.8 Å². The quantitative estimate of drug-likeness (QED) is 0.659. The van der Waals surface area contributed by atoms with E-state index in [1.54, 1.807) is 6.92 Å². The lowest BCUT2D eigenvalue weighted by molar-refractivity contribution is -0.130. The second-order valence-corrected chi connectivity index (χ2v) is 2.75. The first-order valence-electron chi connectivity index (χ1n) is 3.14. The van der Waals surface area contributed by atoms with Crippen LogP contribution in [0.1, 0.15) is 12.7 Å². The number of rotatable bonds is 2. The molecule has 0 aliphatic carbocycles. The van der Waals surface area contributed by atoms with Gasteiger partial charge in [-0.25, -0.2) is 4.79 Å². The first kappa shape index (κ1) is 8.66. The van der Waals surface area contributed by atoms with Crippen molar-refractivity contribution in [1.82, 2.24) is 9.36 Å². The molecule has 0 saturated carbocycles. The Morgan fingerprint density at radius 1 is 1.75 bits per heavy atom. The lowest BCUT2D eigenvalue weighted by atomic mass is 10.2. The lowest BCUT2D eigenvalue weighted by Gasteiger charge is -1.92. The second kappa shape index (κ2) is 3.31. The van der Waals surface area contributed by atoms with Gasteiger partial charge in [0, 0.05) is 11.5 Å². The monoisotopic (exact) mass is 185 g/mol. The Bertz CT molecular complexity index is 331. The van der Waals surface area contributed by atoms with Gasteiger partial charge in [-0.1, -0.05) is 6.08 Å². The third-order valence-electron chi connectivity index (χ3n) is 1.20. The highest BCUT2D eigenvalue weighted by atomic mass is 32.1. The van der Waals surface area contributed by atoms with Crippen molar-refractivity contribution in [2.24, 2.45) is 0 Å². The van der Waals surface area contributed by atoms with Gasteiger partial charge in [0.05, 0.1) is 0 Å². The maximum atomic E-state index is 10.6. The summed E-state index contributed by atoms with van der Waals surface area (Å²) in [4.78, 5) is 14.3. The Morgan fingerprint density at radius 2 is 2.42 bits per heavy atom. The van der Waals surface area contributed by atoms with E-state index in [9.17, 15) is 4.79 Å². The Kier molecular flexibility index (Phi) is 2.39. The summed E-state index contributed by atoms with van der Waals surface area (Å²) >= 11 is 0.978. The summed E-state index contributed by atoms with van der Waals surface area (Å²) in [6, 6.07) is 0. The molecule has 0 spiro atoms. The predicted octanol–water partition coefficient (Wildman–Crippen LogP) is 0.608. The standard InChI is InChI=1S/C6H7N3O2S/c1-2-3(5(10)11)4-8-6(7)12-9-4/h2H,1H3,(H,10,11)(H2,7,8,9)/b3-2-. The van der Waals surface area contributed by atoms with Gasteiger partial charge in [-0.15, -0.1) is 0 Å². The molecule has 0 radical (unpaired) electrons. The van der Waals surface area contributed by atoms with E-state index in [2.05, 4.69) is 9.36 Å². The predicted molar refractivity (Wildman–Crippen MR) is 45.6 cm³/mol. The van der Waals surface area contributed by atoms with Gasteiger partial charge in [0.15, 0.2) is 11.0 Å². The fourth-order valence-electron chi connectivity index (χ4n) is 0.693. The molecule has 0 aromatic carbocycles. The van der Waals surface area contributed by atoms with Crippen LogP contribution < -0.4 is 5.73 Å². The minimum atomic E-state index is -1.05. The molecule has 0 atom stereocenters. The molecule has 6 heteroatoms. The molecule has 1 rings (SSSR count). The number of nitrogens with two attached hydrogens (primary N) is 1. The summed E-state index contributed by atoms with van der Waals surface area (Å²) in [5.41, 5.74) is 5.37. The van der Waals surface area contributed by atoms with E-state index in [-0.39, 0.29) is 16.5 Å². The molecule has 1 aromatic rings. The van der Waals surface area contributed by atoms with E-state index in [0.717, 1.165) is 11.5 Å². The molecule has 12 heavy (non-hydrogen) atoms. The highest BCUT2D eigenvalue weighted by Gasteiger charge is 2.13. The van der Waals surface area contributed by atoms with Crippen LogP contribution in [-0.4, -0.2) is 20.4 Å². The average Bonchev–Trinajstić information content (AvgIpc) is 2.37. The number of hydrogen-bond acceptors (Lipinski definition) is 5. The van der Waals surface area contributed by atoms with Crippen LogP contribution in [0.3, 0.4) is 0 Å². The van der Waals surface area contributed by atoms with Crippen molar-refractivity contribution in [2.75, 3.05) is 5.73 Å². The lowest BCUT2D eigenvalue weighted by Crippen LogP contribution is -2.01. The molecule has 0 aliphatic rings. The zero-order valence-electron chi connectivity index (χ0n) is 6.31. The summed E-state index contributed by atoms with van der Waals surface area (Å²) < 4.78 is 3.76. The number of anilines is 1. The molecule has 0 unspecified atom stereocenters. The van der Waals surface area contributed by atoms with Crippen LogP contribution in [0.4, 0.5) is 5.13 Å². The molecule has 0 aliphatic heterocycles. The zero-order chi connectivity index (χ0) is 9.14. The average molecular weight is 185 g/mol. The van der Waals surface area contributed by atoms with Gasteiger partial charge in [-0.05, 0) is 6.92 Å². The van der Waals surface area contributed by atoms with E-state index in [0.29, 0.717) is 0 Å². The van der Waals surface area contributed by atoms with Gasteiger partial charge in [-0.3, -0.25) is 0 Å². The molecule has 1 heterocycles. The Labute approximate surface area is 72.7 Å². The number of hydrogen-bond donors (Lipinski definition) is 2. The molecule has 64 valence electrons. The van der Waals surface area contributed by atoms with Crippen LogP contribution in [0, 0.1) is 0 Å². The van der Waals surface area contributed by atoms with E-state index in [4.69, 9.17) is 10.8 Å². The minimum absolute atomic E-state index is 0.0722. The molecular weight excluding hydrogens is 178 g/mol. The molecule has 1 aromatic heterocycles. The van der Waals surface area contributed by atoms with Crippen LogP contribution in [0.25, 0.3) is 5.57 Å². The zero-order valence-corrected chi connectivity index (χ0v) is 7.13. The van der Waals surface area contributed by atoms with E-state index >= 15 is 0 Å². The van der Waals surface area contributed by atoms with E-state index in [1.165, 1.54) is 6.08 Å². The van der Waals surface area contributed by atoms with Crippen LogP contribution in [0.5, 0.6) is 0 Å². The fourth-order valence-corrected chi connectivity index (χ4v) is 1.14. The fraction of sp³-hybridized carbons (Fsp3) is 0.167. The van der Waals surface area contributed by atoms with Crippen molar-refractivity contribution >= 4 is 28.2 Å². The van der Waals surface area contributed by atoms with Gasteiger partial charge in [0.1, 0.15) is 5.57 Å². The largest absolute Gasteiger partial charge is 0.478 e. The van der Waals surface area contributed by atoms with E-state index in [1.807, 2.05) is 0 Å². The number of aromatic nitrogens is 2. The molecule has 0 saturated heterocycles. The molecular formula is C6H7N3O2S. The highest BCUT2D eigenvalue weighted by Crippen LogP contribution is 2.14. The molecule has 0 bridgehead atoms. The molecule has 0 amide bonds. The third-order valence-corrected chi connectivity index (χ3v) is 1.74. The maximum Gasteiger partial charge on any atom is 0.339 e. The number of carbonyl (C=O) groups is 1. The van der Waals surface area contributed by atoms with Crippen molar-refractivity contribution in [3.05, 3.63) is 11.9 Å². The maximum absolute atomic E-state index is 10.6. The van der Waals surface area contributed by atoms with Gasteiger partial charge >= 0.3 is 5.97 Å². The molecule has 3 N–H and O–H groups in total. The van der Waals surface area contributed by atoms with Crippen LogP contribution in [-0.2, 0) is 4.79 Å². The van der Waals surface area contributed by atoms with Crippen molar-refractivity contribution in [3.63, 3.8) is 0 Å². The Hall–Kier alpha value is -1.43. The number of carboxylic acid groups (broad SMARTS) is 1. The van der Waals surface area contributed by atoms with Gasteiger partial charge in [0.25, 0.3) is 0 Å². The summed E-state index contributed by atoms with van der Waals surface area (Å²) in [7, 11) is 0. The Morgan fingerprint density at radius 3 is 2.75 bits per heavy atom. The van der Waals surface area contributed by atoms with Crippen LogP contribution >= 0.6 is 11.5 Å². The van der Waals surface area contributed by atoms with E-state index < -0.39 is 5.97 Å². The first-order valence-corrected chi connectivity index (χ1v) is 3.91. The number of carboxylic acids is 1. The second-order valence-electron chi connectivity index (χ2n) is 1.96. The minimum Gasteiger partial charge on any atom is -0.478 e. The number of nitrogen functional groups attached to an aromatic ring is 1. The first-order chi connectivity index (χ1) is 5.65. The van der Waals surface area contributed by atoms with Crippen molar-refractivity contribution < 1.29 is 9.90 Å². The SMILES string of the molecule is C/C=C(\C(=O)O)c1nsc(N)n1. The number of aliphatic carboxylic acids is 1. The Balaban J connectivity index is 3.04. The smallest absolute Gasteiger partial charge is 0.339 e.